The number of amides is 1. The summed E-state index contributed by atoms with van der Waals surface area (Å²) in [5.41, 5.74) is 3.35. The molecule has 0 spiro atoms. The minimum Gasteiger partial charge on any atom is -0.493 e. The monoisotopic (exact) mass is 672 g/mol. The van der Waals surface area contributed by atoms with Gasteiger partial charge in [0.25, 0.3) is 5.91 Å². The van der Waals surface area contributed by atoms with Gasteiger partial charge in [-0.15, -0.1) is 0 Å². The molecule has 0 aliphatic carbocycles. The lowest BCUT2D eigenvalue weighted by atomic mass is 10.1. The number of amidine groups is 1. The summed E-state index contributed by atoms with van der Waals surface area (Å²) in [7, 11) is -2.82. The summed E-state index contributed by atoms with van der Waals surface area (Å²) in [5.74, 6) is -0.446. The van der Waals surface area contributed by atoms with E-state index < -0.39 is 10.1 Å². The summed E-state index contributed by atoms with van der Waals surface area (Å²) in [6.07, 6.45) is 1.62. The van der Waals surface area contributed by atoms with Crippen molar-refractivity contribution in [1.82, 2.24) is 0 Å². The van der Waals surface area contributed by atoms with Gasteiger partial charge in [-0.05, 0) is 96.9 Å². The van der Waals surface area contributed by atoms with E-state index in [2.05, 4.69) is 0 Å². The van der Waals surface area contributed by atoms with Crippen LogP contribution in [-0.2, 0) is 14.9 Å². The van der Waals surface area contributed by atoms with Gasteiger partial charge in [0.2, 0.25) is 5.75 Å². The van der Waals surface area contributed by atoms with Gasteiger partial charge in [-0.1, -0.05) is 65.1 Å². The third-order valence-electron chi connectivity index (χ3n) is 6.37. The first-order valence-corrected chi connectivity index (χ1v) is 16.0. The van der Waals surface area contributed by atoms with E-state index in [1.54, 1.807) is 42.5 Å². The first-order valence-electron chi connectivity index (χ1n) is 12.7. The Morgan fingerprint density at radius 1 is 0.860 bits per heavy atom. The van der Waals surface area contributed by atoms with Crippen molar-refractivity contribution >= 4 is 85.2 Å². The maximum atomic E-state index is 13.8. The largest absolute Gasteiger partial charge is 0.493 e. The van der Waals surface area contributed by atoms with Crippen LogP contribution in [0.2, 0.25) is 15.1 Å². The number of methoxy groups -OCH3 is 1. The summed E-state index contributed by atoms with van der Waals surface area (Å²) in [4.78, 5) is 20.3. The minimum atomic E-state index is -4.18. The molecule has 5 rings (SSSR count). The molecule has 220 valence electrons. The summed E-state index contributed by atoms with van der Waals surface area (Å²) < 4.78 is 36.5. The molecule has 0 atom stereocenters. The van der Waals surface area contributed by atoms with Crippen molar-refractivity contribution in [2.45, 2.75) is 18.7 Å². The highest BCUT2D eigenvalue weighted by atomic mass is 35.5. The van der Waals surface area contributed by atoms with Crippen molar-refractivity contribution in [2.75, 3.05) is 12.0 Å². The first-order chi connectivity index (χ1) is 20.5. The molecule has 0 aromatic heterocycles. The molecule has 1 heterocycles. The molecule has 0 radical (unpaired) electrons. The maximum absolute atomic E-state index is 13.8. The van der Waals surface area contributed by atoms with Gasteiger partial charge in [0.05, 0.1) is 28.4 Å². The number of thioether (sulfide) groups is 1. The summed E-state index contributed by atoms with van der Waals surface area (Å²) in [6, 6.07) is 21.4. The molecule has 1 amide bonds. The Kier molecular flexibility index (Phi) is 9.10. The molecule has 1 fully saturated rings. The Labute approximate surface area is 268 Å². The molecule has 1 aliphatic heterocycles. The second-order valence-corrected chi connectivity index (χ2v) is 13.2. The summed E-state index contributed by atoms with van der Waals surface area (Å²) in [5, 5.41) is 1.42. The predicted molar refractivity (Wildman–Crippen MR) is 175 cm³/mol. The molecule has 0 N–H and O–H groups in total. The molecular weight excluding hydrogens is 651 g/mol. The predicted octanol–water partition coefficient (Wildman–Crippen LogP) is 8.85. The fourth-order valence-corrected chi connectivity index (χ4v) is 6.69. The van der Waals surface area contributed by atoms with Crippen LogP contribution in [0.3, 0.4) is 0 Å². The maximum Gasteiger partial charge on any atom is 0.339 e. The lowest BCUT2D eigenvalue weighted by molar-refractivity contribution is -0.113. The number of aryl methyl sites for hydroxylation is 2. The standard InChI is InChI=1S/C31H23Cl3N2O5S2/c1-18-9-11-21(16-24(18)32)35-31-36(22-12-10-19(2)25(33)17-22)30(37)28(42-31)15-20-13-26(34)29(27(14-20)40-3)41-43(38,39)23-7-5-4-6-8-23/h4-17H,1-3H3/b28-15+,35-31?. The fraction of sp³-hybridized carbons (Fsp3) is 0.0968. The van der Waals surface area contributed by atoms with E-state index >= 15 is 0 Å². The van der Waals surface area contributed by atoms with Crippen LogP contribution in [-0.4, -0.2) is 26.6 Å². The number of hydrogen-bond acceptors (Lipinski definition) is 7. The van der Waals surface area contributed by atoms with Crippen LogP contribution in [0.1, 0.15) is 16.7 Å². The molecule has 0 bridgehead atoms. The normalized spacial score (nSPS) is 15.4. The second kappa shape index (κ2) is 12.6. The quantitative estimate of drug-likeness (QED) is 0.144. The SMILES string of the molecule is COc1cc(/C=C2/SC(=Nc3ccc(C)c(Cl)c3)N(c3ccc(C)c(Cl)c3)C2=O)cc(Cl)c1OS(=O)(=O)c1ccccc1. The zero-order chi connectivity index (χ0) is 30.9. The Hall–Kier alpha value is -3.47. The van der Waals surface area contributed by atoms with Gasteiger partial charge < -0.3 is 8.92 Å². The van der Waals surface area contributed by atoms with Crippen molar-refractivity contribution < 1.29 is 22.1 Å². The van der Waals surface area contributed by atoms with Crippen molar-refractivity contribution in [3.05, 3.63) is 116 Å². The van der Waals surface area contributed by atoms with Gasteiger partial charge in [0.15, 0.2) is 10.9 Å². The van der Waals surface area contributed by atoms with Crippen LogP contribution < -0.4 is 13.8 Å². The Bertz CT molecular complexity index is 1910. The number of aliphatic imine (C=N–C) groups is 1. The molecule has 43 heavy (non-hydrogen) atoms. The first kappa shape index (κ1) is 31.0. The van der Waals surface area contributed by atoms with Crippen molar-refractivity contribution in [2.24, 2.45) is 4.99 Å². The van der Waals surface area contributed by atoms with Gasteiger partial charge in [-0.2, -0.15) is 8.42 Å². The molecule has 7 nitrogen and oxygen atoms in total. The van der Waals surface area contributed by atoms with Crippen LogP contribution in [0.15, 0.2) is 93.7 Å². The van der Waals surface area contributed by atoms with Crippen LogP contribution >= 0.6 is 46.6 Å². The molecule has 1 saturated heterocycles. The van der Waals surface area contributed by atoms with E-state index in [-0.39, 0.29) is 27.3 Å². The highest BCUT2D eigenvalue weighted by molar-refractivity contribution is 8.19. The van der Waals surface area contributed by atoms with Crippen LogP contribution in [0.4, 0.5) is 11.4 Å². The highest BCUT2D eigenvalue weighted by Crippen LogP contribution is 2.42. The van der Waals surface area contributed by atoms with Gasteiger partial charge in [0.1, 0.15) is 4.90 Å². The lowest BCUT2D eigenvalue weighted by Gasteiger charge is -2.16. The number of nitrogens with zero attached hydrogens (tertiary/aromatic N) is 2. The topological polar surface area (TPSA) is 85.3 Å². The van der Waals surface area contributed by atoms with Crippen LogP contribution in [0, 0.1) is 13.8 Å². The van der Waals surface area contributed by atoms with E-state index in [4.69, 9.17) is 48.7 Å². The van der Waals surface area contributed by atoms with Gasteiger partial charge >= 0.3 is 10.1 Å². The number of hydrogen-bond donors (Lipinski definition) is 0. The number of rotatable bonds is 7. The molecule has 12 heteroatoms. The summed E-state index contributed by atoms with van der Waals surface area (Å²) >= 11 is 20.4. The van der Waals surface area contributed by atoms with E-state index in [0.717, 1.165) is 22.9 Å². The Morgan fingerprint density at radius 3 is 2.19 bits per heavy atom. The van der Waals surface area contributed by atoms with Gasteiger partial charge in [-0.25, -0.2) is 4.99 Å². The van der Waals surface area contributed by atoms with E-state index in [0.29, 0.717) is 37.1 Å². The highest BCUT2D eigenvalue weighted by Gasteiger charge is 2.35. The molecule has 4 aromatic carbocycles. The van der Waals surface area contributed by atoms with Crippen LogP contribution in [0.5, 0.6) is 11.5 Å². The van der Waals surface area contributed by atoms with E-state index in [1.807, 2.05) is 32.0 Å². The summed E-state index contributed by atoms with van der Waals surface area (Å²) in [6.45, 7) is 3.76. The third-order valence-corrected chi connectivity index (χ3v) is 9.67. The third kappa shape index (κ3) is 6.71. The molecule has 0 unspecified atom stereocenters. The number of halogens is 3. The fourth-order valence-electron chi connectivity index (χ4n) is 4.06. The number of anilines is 1. The lowest BCUT2D eigenvalue weighted by Crippen LogP contribution is -2.28. The van der Waals surface area contributed by atoms with Crippen molar-refractivity contribution in [1.29, 1.82) is 0 Å². The molecular formula is C31H23Cl3N2O5S2. The minimum absolute atomic E-state index is 0.0217. The van der Waals surface area contributed by atoms with E-state index in [9.17, 15) is 13.2 Å². The Balaban J connectivity index is 1.54. The zero-order valence-electron chi connectivity index (χ0n) is 23.0. The molecule has 0 saturated carbocycles. The van der Waals surface area contributed by atoms with E-state index in [1.165, 1.54) is 36.3 Å². The van der Waals surface area contributed by atoms with Gasteiger partial charge in [0, 0.05) is 10.0 Å². The van der Waals surface area contributed by atoms with Crippen LogP contribution in [0.25, 0.3) is 6.08 Å². The molecule has 4 aromatic rings. The Morgan fingerprint density at radius 2 is 1.53 bits per heavy atom. The number of carbonyl (C=O) groups is 1. The molecule has 1 aliphatic rings. The number of carbonyl (C=O) groups excluding carboxylic acids is 1. The smallest absolute Gasteiger partial charge is 0.339 e. The number of benzene rings is 4. The van der Waals surface area contributed by atoms with Crippen molar-refractivity contribution in [3.63, 3.8) is 0 Å². The average molecular weight is 674 g/mol. The number of ether oxygens (including phenoxy) is 1. The van der Waals surface area contributed by atoms with Gasteiger partial charge in [-0.3, -0.25) is 9.69 Å². The zero-order valence-corrected chi connectivity index (χ0v) is 26.9. The average Bonchev–Trinajstić information content (AvgIpc) is 3.27. The second-order valence-electron chi connectivity index (χ2n) is 9.40. The van der Waals surface area contributed by atoms with Crippen molar-refractivity contribution in [3.8, 4) is 11.5 Å².